The molecule has 7 heteroatoms. The molecule has 1 saturated heterocycles. The first-order valence-electron chi connectivity index (χ1n) is 9.86. The number of thiocarbonyl (C=S) groups is 1. The van der Waals surface area contributed by atoms with E-state index in [-0.39, 0.29) is 11.0 Å². The average Bonchev–Trinajstić information content (AvgIpc) is 2.70. The number of hydrogen-bond donors (Lipinski definition) is 2. The Hall–Kier alpha value is -2.31. The van der Waals surface area contributed by atoms with Crippen molar-refractivity contribution in [2.75, 3.05) is 29.9 Å². The Kier molecular flexibility index (Phi) is 7.34. The Morgan fingerprint density at radius 1 is 1.21 bits per heavy atom. The fourth-order valence-corrected chi connectivity index (χ4v) is 3.81. The van der Waals surface area contributed by atoms with Crippen LogP contribution >= 0.6 is 23.8 Å². The quantitative estimate of drug-likeness (QED) is 0.645. The molecular weight excluding hydrogens is 406 g/mol. The van der Waals surface area contributed by atoms with Gasteiger partial charge in [0.15, 0.2) is 5.11 Å². The first-order valence-corrected chi connectivity index (χ1v) is 10.6. The van der Waals surface area contributed by atoms with E-state index in [2.05, 4.69) is 22.5 Å². The molecule has 5 nitrogen and oxygen atoms in total. The lowest BCUT2D eigenvalue weighted by molar-refractivity contribution is 0.0977. The molecule has 0 spiro atoms. The summed E-state index contributed by atoms with van der Waals surface area (Å²) in [4.78, 5) is 14.7. The van der Waals surface area contributed by atoms with Crippen LogP contribution < -0.4 is 20.3 Å². The highest BCUT2D eigenvalue weighted by atomic mass is 35.5. The van der Waals surface area contributed by atoms with Gasteiger partial charge in [-0.3, -0.25) is 10.1 Å². The zero-order valence-corrected chi connectivity index (χ0v) is 18.3. The Morgan fingerprint density at radius 3 is 2.52 bits per heavy atom. The highest BCUT2D eigenvalue weighted by Gasteiger charge is 2.18. The van der Waals surface area contributed by atoms with Crippen molar-refractivity contribution in [2.45, 2.75) is 26.7 Å². The molecule has 0 atom stereocenters. The average molecular weight is 432 g/mol. The molecule has 0 bridgehead atoms. The standard InChI is InChI=1S/C22H26ClN3O2S/c1-3-28-18-7-4-16(5-8-18)21(27)25-22(29)24-17-6-9-20(19(23)14-17)26-12-10-15(2)11-13-26/h4-9,14-15H,3,10-13H2,1-2H3,(H2,24,25,27,29). The van der Waals surface area contributed by atoms with Crippen molar-refractivity contribution in [3.05, 3.63) is 53.1 Å². The minimum atomic E-state index is -0.282. The van der Waals surface area contributed by atoms with Crippen LogP contribution in [0.4, 0.5) is 11.4 Å². The molecule has 2 aromatic rings. The highest BCUT2D eigenvalue weighted by Crippen LogP contribution is 2.31. The van der Waals surface area contributed by atoms with Gasteiger partial charge in [-0.2, -0.15) is 0 Å². The number of ether oxygens (including phenoxy) is 1. The van der Waals surface area contributed by atoms with E-state index in [1.807, 2.05) is 25.1 Å². The SMILES string of the molecule is CCOc1ccc(C(=O)NC(=S)Nc2ccc(N3CCC(C)CC3)c(Cl)c2)cc1. The summed E-state index contributed by atoms with van der Waals surface area (Å²) in [7, 11) is 0. The maximum atomic E-state index is 12.4. The Bertz CT molecular complexity index is 865. The molecule has 1 amide bonds. The number of nitrogens with one attached hydrogen (secondary N) is 2. The maximum absolute atomic E-state index is 12.4. The van der Waals surface area contributed by atoms with Gasteiger partial charge in [-0.25, -0.2) is 0 Å². The second-order valence-electron chi connectivity index (χ2n) is 7.20. The van der Waals surface area contributed by atoms with Crippen molar-refractivity contribution >= 4 is 46.2 Å². The Morgan fingerprint density at radius 2 is 1.90 bits per heavy atom. The number of benzene rings is 2. The summed E-state index contributed by atoms with van der Waals surface area (Å²) in [6.45, 7) is 6.82. The second-order valence-corrected chi connectivity index (χ2v) is 8.02. The van der Waals surface area contributed by atoms with Crippen molar-refractivity contribution in [3.63, 3.8) is 0 Å². The second kappa shape index (κ2) is 9.94. The molecule has 2 aromatic carbocycles. The number of nitrogens with zero attached hydrogens (tertiary/aromatic N) is 1. The molecule has 29 heavy (non-hydrogen) atoms. The molecule has 0 aromatic heterocycles. The van der Waals surface area contributed by atoms with E-state index >= 15 is 0 Å². The fourth-order valence-electron chi connectivity index (χ4n) is 3.30. The molecule has 1 aliphatic rings. The third kappa shape index (κ3) is 5.84. The largest absolute Gasteiger partial charge is 0.494 e. The minimum absolute atomic E-state index is 0.222. The van der Waals surface area contributed by atoms with E-state index < -0.39 is 0 Å². The third-order valence-corrected chi connectivity index (χ3v) is 5.49. The van der Waals surface area contributed by atoms with E-state index in [1.165, 1.54) is 12.8 Å². The minimum Gasteiger partial charge on any atom is -0.494 e. The molecule has 1 fully saturated rings. The molecule has 0 saturated carbocycles. The molecule has 1 aliphatic heterocycles. The summed E-state index contributed by atoms with van der Waals surface area (Å²) in [5.41, 5.74) is 2.28. The number of rotatable bonds is 5. The van der Waals surface area contributed by atoms with Crippen LogP contribution in [0.5, 0.6) is 5.75 Å². The number of carbonyl (C=O) groups excluding carboxylic acids is 1. The van der Waals surface area contributed by atoms with Gasteiger partial charge in [-0.15, -0.1) is 0 Å². The van der Waals surface area contributed by atoms with Crippen molar-refractivity contribution in [2.24, 2.45) is 5.92 Å². The molecule has 1 heterocycles. The molecule has 3 rings (SSSR count). The van der Waals surface area contributed by atoms with Gasteiger partial charge in [0.1, 0.15) is 5.75 Å². The summed E-state index contributed by atoms with van der Waals surface area (Å²) in [6.07, 6.45) is 2.36. The molecule has 154 valence electrons. The number of hydrogen-bond acceptors (Lipinski definition) is 4. The highest BCUT2D eigenvalue weighted by molar-refractivity contribution is 7.80. The van der Waals surface area contributed by atoms with Crippen molar-refractivity contribution in [1.82, 2.24) is 5.32 Å². The summed E-state index contributed by atoms with van der Waals surface area (Å²) in [5.74, 6) is 1.21. The van der Waals surface area contributed by atoms with Crippen LogP contribution in [0.15, 0.2) is 42.5 Å². The lowest BCUT2D eigenvalue weighted by Gasteiger charge is -2.32. The van der Waals surface area contributed by atoms with Gasteiger partial charge in [0.25, 0.3) is 5.91 Å². The van der Waals surface area contributed by atoms with Crippen LogP contribution in [0.3, 0.4) is 0 Å². The Balaban J connectivity index is 1.57. The topological polar surface area (TPSA) is 53.6 Å². The zero-order chi connectivity index (χ0) is 20.8. The maximum Gasteiger partial charge on any atom is 0.257 e. The van der Waals surface area contributed by atoms with Crippen LogP contribution in [-0.2, 0) is 0 Å². The smallest absolute Gasteiger partial charge is 0.257 e. The van der Waals surface area contributed by atoms with Crippen LogP contribution in [-0.4, -0.2) is 30.7 Å². The molecule has 2 N–H and O–H groups in total. The number of halogens is 1. The summed E-state index contributed by atoms with van der Waals surface area (Å²) >= 11 is 11.8. The first-order chi connectivity index (χ1) is 14.0. The predicted molar refractivity (Wildman–Crippen MR) is 123 cm³/mol. The van der Waals surface area contributed by atoms with E-state index in [9.17, 15) is 4.79 Å². The first kappa shape index (κ1) is 21.4. The molecule has 0 unspecified atom stereocenters. The van der Waals surface area contributed by atoms with Gasteiger partial charge in [0, 0.05) is 24.3 Å². The Labute approximate surface area is 182 Å². The lowest BCUT2D eigenvalue weighted by atomic mass is 9.99. The van der Waals surface area contributed by atoms with Gasteiger partial charge in [0.2, 0.25) is 0 Å². The van der Waals surface area contributed by atoms with Gasteiger partial charge >= 0.3 is 0 Å². The van der Waals surface area contributed by atoms with E-state index in [1.54, 1.807) is 24.3 Å². The van der Waals surface area contributed by atoms with E-state index in [0.717, 1.165) is 36.1 Å². The number of carbonyl (C=O) groups is 1. The number of amides is 1. The summed E-state index contributed by atoms with van der Waals surface area (Å²) in [5, 5.41) is 6.60. The van der Waals surface area contributed by atoms with E-state index in [0.29, 0.717) is 17.2 Å². The molecular formula is C22H26ClN3O2S. The zero-order valence-electron chi connectivity index (χ0n) is 16.7. The summed E-state index contributed by atoms with van der Waals surface area (Å²) in [6, 6.07) is 12.7. The lowest BCUT2D eigenvalue weighted by Crippen LogP contribution is -2.34. The van der Waals surface area contributed by atoms with Gasteiger partial charge < -0.3 is 15.0 Å². The van der Waals surface area contributed by atoms with Crippen molar-refractivity contribution in [3.8, 4) is 5.75 Å². The van der Waals surface area contributed by atoms with Crippen LogP contribution in [0.25, 0.3) is 0 Å². The number of anilines is 2. The van der Waals surface area contributed by atoms with Gasteiger partial charge in [-0.05, 0) is 80.4 Å². The van der Waals surface area contributed by atoms with Crippen LogP contribution in [0.2, 0.25) is 5.02 Å². The normalized spacial score (nSPS) is 14.4. The van der Waals surface area contributed by atoms with E-state index in [4.69, 9.17) is 28.6 Å². The third-order valence-electron chi connectivity index (χ3n) is 4.98. The van der Waals surface area contributed by atoms with Crippen molar-refractivity contribution < 1.29 is 9.53 Å². The number of piperidine rings is 1. The molecule has 0 radical (unpaired) electrons. The van der Waals surface area contributed by atoms with Crippen LogP contribution in [0.1, 0.15) is 37.0 Å². The fraction of sp³-hybridized carbons (Fsp3) is 0.364. The van der Waals surface area contributed by atoms with Gasteiger partial charge in [-0.1, -0.05) is 18.5 Å². The van der Waals surface area contributed by atoms with Gasteiger partial charge in [0.05, 0.1) is 17.3 Å². The van der Waals surface area contributed by atoms with Crippen molar-refractivity contribution in [1.29, 1.82) is 0 Å². The predicted octanol–water partition coefficient (Wildman–Crippen LogP) is 5.10. The van der Waals surface area contributed by atoms with Crippen LogP contribution in [0, 0.1) is 5.92 Å². The molecule has 0 aliphatic carbocycles. The monoisotopic (exact) mass is 431 g/mol. The summed E-state index contributed by atoms with van der Waals surface area (Å²) < 4.78 is 5.38.